The van der Waals surface area contributed by atoms with Gasteiger partial charge in [-0.1, -0.05) is 35.3 Å². The lowest BCUT2D eigenvalue weighted by atomic mass is 10.2. The van der Waals surface area contributed by atoms with Gasteiger partial charge in [-0.05, 0) is 30.3 Å². The number of halogens is 2. The highest BCUT2D eigenvalue weighted by Gasteiger charge is 2.25. The zero-order valence-corrected chi connectivity index (χ0v) is 16.4. The second-order valence-electron chi connectivity index (χ2n) is 6.42. The average molecular weight is 407 g/mol. The van der Waals surface area contributed by atoms with Crippen molar-refractivity contribution in [3.63, 3.8) is 0 Å². The molecule has 1 N–H and O–H groups in total. The molecule has 3 aromatic rings. The Bertz CT molecular complexity index is 918. The van der Waals surface area contributed by atoms with Gasteiger partial charge in [0.2, 0.25) is 0 Å². The maximum Gasteiger partial charge on any atom is 0.254 e. The Morgan fingerprint density at radius 2 is 1.88 bits per heavy atom. The number of benzene rings is 2. The number of hydrogen-bond acceptors (Lipinski definition) is 3. The fourth-order valence-corrected chi connectivity index (χ4v) is 4.56. The van der Waals surface area contributed by atoms with Gasteiger partial charge in [0.05, 0.1) is 46.4 Å². The van der Waals surface area contributed by atoms with Gasteiger partial charge in [-0.15, -0.1) is 11.3 Å². The van der Waals surface area contributed by atoms with Crippen LogP contribution in [0.5, 0.6) is 0 Å². The van der Waals surface area contributed by atoms with Gasteiger partial charge >= 0.3 is 0 Å². The molecule has 2 aromatic carbocycles. The SMILES string of the molecule is O=C(c1ccc(Cl)c(Cl)c1)N1CC[NH+](Cc2nc3ccccc3s2)CC1. The van der Waals surface area contributed by atoms with E-state index in [1.165, 1.54) is 9.60 Å². The maximum absolute atomic E-state index is 12.7. The van der Waals surface area contributed by atoms with Crippen LogP contribution < -0.4 is 4.90 Å². The first kappa shape index (κ1) is 17.7. The Hall–Kier alpha value is -1.66. The molecule has 4 nitrogen and oxygen atoms in total. The summed E-state index contributed by atoms with van der Waals surface area (Å²) in [6.45, 7) is 4.22. The third-order valence-corrected chi connectivity index (χ3v) is 6.44. The fraction of sp³-hybridized carbons (Fsp3) is 0.263. The fourth-order valence-electron chi connectivity index (χ4n) is 3.22. The van der Waals surface area contributed by atoms with Gasteiger partial charge < -0.3 is 9.80 Å². The normalized spacial score (nSPS) is 15.5. The Balaban J connectivity index is 1.37. The van der Waals surface area contributed by atoms with E-state index in [1.54, 1.807) is 29.5 Å². The van der Waals surface area contributed by atoms with Crippen molar-refractivity contribution in [1.29, 1.82) is 0 Å². The van der Waals surface area contributed by atoms with Crippen LogP contribution in [0.3, 0.4) is 0 Å². The molecule has 7 heteroatoms. The number of nitrogens with one attached hydrogen (secondary N) is 1. The van der Waals surface area contributed by atoms with E-state index < -0.39 is 0 Å². The summed E-state index contributed by atoms with van der Waals surface area (Å²) in [4.78, 5) is 20.7. The highest BCUT2D eigenvalue weighted by Crippen LogP contribution is 2.23. The van der Waals surface area contributed by atoms with E-state index in [0.717, 1.165) is 43.2 Å². The molecule has 0 radical (unpaired) electrons. The molecule has 0 unspecified atom stereocenters. The topological polar surface area (TPSA) is 37.6 Å². The predicted molar refractivity (Wildman–Crippen MR) is 106 cm³/mol. The van der Waals surface area contributed by atoms with E-state index in [-0.39, 0.29) is 5.91 Å². The summed E-state index contributed by atoms with van der Waals surface area (Å²) in [5.41, 5.74) is 1.66. The first-order valence-corrected chi connectivity index (χ1v) is 10.1. The Morgan fingerprint density at radius 1 is 1.12 bits per heavy atom. The number of rotatable bonds is 3. The van der Waals surface area contributed by atoms with E-state index in [9.17, 15) is 4.79 Å². The van der Waals surface area contributed by atoms with Crippen LogP contribution in [-0.2, 0) is 6.54 Å². The van der Waals surface area contributed by atoms with Crippen molar-refractivity contribution < 1.29 is 9.69 Å². The molecule has 1 aromatic heterocycles. The number of para-hydroxylation sites is 1. The molecule has 0 atom stereocenters. The van der Waals surface area contributed by atoms with Gasteiger partial charge in [-0.25, -0.2) is 4.98 Å². The van der Waals surface area contributed by atoms with Gasteiger partial charge in [-0.2, -0.15) is 0 Å². The number of fused-ring (bicyclic) bond motifs is 1. The minimum Gasteiger partial charge on any atom is -0.327 e. The summed E-state index contributed by atoms with van der Waals surface area (Å²) in [6, 6.07) is 13.3. The van der Waals surface area contributed by atoms with Crippen molar-refractivity contribution >= 4 is 50.7 Å². The first-order chi connectivity index (χ1) is 12.6. The van der Waals surface area contributed by atoms with Gasteiger partial charge in [-0.3, -0.25) is 4.79 Å². The van der Waals surface area contributed by atoms with Crippen molar-refractivity contribution in [3.05, 3.63) is 63.1 Å². The minimum atomic E-state index is 0.0163. The summed E-state index contributed by atoms with van der Waals surface area (Å²) < 4.78 is 1.23. The summed E-state index contributed by atoms with van der Waals surface area (Å²) in [6.07, 6.45) is 0. The van der Waals surface area contributed by atoms with Crippen LogP contribution in [0.25, 0.3) is 10.2 Å². The molecule has 1 fully saturated rings. The van der Waals surface area contributed by atoms with E-state index in [2.05, 4.69) is 12.1 Å². The van der Waals surface area contributed by atoms with Crippen molar-refractivity contribution in [2.75, 3.05) is 26.2 Å². The molecule has 1 aliphatic heterocycles. The van der Waals surface area contributed by atoms with Crippen molar-refractivity contribution in [2.45, 2.75) is 6.54 Å². The maximum atomic E-state index is 12.7. The Labute approximate surface area is 166 Å². The van der Waals surface area contributed by atoms with E-state index >= 15 is 0 Å². The standard InChI is InChI=1S/C19H17Cl2N3OS/c20-14-6-5-13(11-15(14)21)19(25)24-9-7-23(8-10-24)12-18-22-16-3-1-2-4-17(16)26-18/h1-6,11H,7-10,12H2/p+1. The summed E-state index contributed by atoms with van der Waals surface area (Å²) in [7, 11) is 0. The largest absolute Gasteiger partial charge is 0.327 e. The molecule has 0 aliphatic carbocycles. The first-order valence-electron chi connectivity index (χ1n) is 8.52. The van der Waals surface area contributed by atoms with Crippen molar-refractivity contribution in [2.24, 2.45) is 0 Å². The molecular formula is C19H18Cl2N3OS+. The zero-order chi connectivity index (χ0) is 18.1. The van der Waals surface area contributed by atoms with E-state index in [4.69, 9.17) is 28.2 Å². The van der Waals surface area contributed by atoms with Gasteiger partial charge in [0.25, 0.3) is 5.91 Å². The quantitative estimate of drug-likeness (QED) is 0.725. The average Bonchev–Trinajstić information content (AvgIpc) is 3.06. The second-order valence-corrected chi connectivity index (χ2v) is 8.35. The van der Waals surface area contributed by atoms with Crippen molar-refractivity contribution in [1.82, 2.24) is 9.88 Å². The van der Waals surface area contributed by atoms with Crippen LogP contribution in [-0.4, -0.2) is 42.0 Å². The lowest BCUT2D eigenvalue weighted by molar-refractivity contribution is -0.917. The van der Waals surface area contributed by atoms with E-state index in [1.807, 2.05) is 17.0 Å². The van der Waals surface area contributed by atoms with Crippen LogP contribution >= 0.6 is 34.5 Å². The lowest BCUT2D eigenvalue weighted by Gasteiger charge is -2.32. The summed E-state index contributed by atoms with van der Waals surface area (Å²) >= 11 is 13.7. The highest BCUT2D eigenvalue weighted by atomic mass is 35.5. The minimum absolute atomic E-state index is 0.0163. The molecule has 134 valence electrons. The number of quaternary nitrogens is 1. The lowest BCUT2D eigenvalue weighted by Crippen LogP contribution is -3.13. The number of piperazine rings is 1. The van der Waals surface area contributed by atoms with Crippen molar-refractivity contribution in [3.8, 4) is 0 Å². The monoisotopic (exact) mass is 406 g/mol. The summed E-state index contributed by atoms with van der Waals surface area (Å²) in [5.74, 6) is 0.0163. The van der Waals surface area contributed by atoms with E-state index in [0.29, 0.717) is 15.6 Å². The van der Waals surface area contributed by atoms with Crippen LogP contribution in [0.1, 0.15) is 15.4 Å². The Kier molecular flexibility index (Phi) is 5.14. The Morgan fingerprint density at radius 3 is 2.62 bits per heavy atom. The van der Waals surface area contributed by atoms with Crippen LogP contribution in [0, 0.1) is 0 Å². The second kappa shape index (κ2) is 7.53. The number of thiazole rings is 1. The third-order valence-electron chi connectivity index (χ3n) is 4.66. The van der Waals surface area contributed by atoms with Crippen LogP contribution in [0.4, 0.5) is 0 Å². The molecule has 1 aliphatic rings. The summed E-state index contributed by atoms with van der Waals surface area (Å²) in [5, 5.41) is 2.04. The third kappa shape index (κ3) is 3.71. The highest BCUT2D eigenvalue weighted by molar-refractivity contribution is 7.18. The molecule has 26 heavy (non-hydrogen) atoms. The molecular weight excluding hydrogens is 389 g/mol. The van der Waals surface area contributed by atoms with Gasteiger partial charge in [0.15, 0.2) is 0 Å². The number of nitrogens with zero attached hydrogens (tertiary/aromatic N) is 2. The molecule has 4 rings (SSSR count). The molecule has 1 saturated heterocycles. The van der Waals surface area contributed by atoms with Crippen LogP contribution in [0.2, 0.25) is 10.0 Å². The number of carbonyl (C=O) groups excluding carboxylic acids is 1. The molecule has 0 saturated carbocycles. The number of carbonyl (C=O) groups is 1. The van der Waals surface area contributed by atoms with Gasteiger partial charge in [0.1, 0.15) is 11.6 Å². The van der Waals surface area contributed by atoms with Crippen LogP contribution in [0.15, 0.2) is 42.5 Å². The molecule has 0 bridgehead atoms. The van der Waals surface area contributed by atoms with Gasteiger partial charge in [0, 0.05) is 5.56 Å². The predicted octanol–water partition coefficient (Wildman–Crippen LogP) is 3.14. The smallest absolute Gasteiger partial charge is 0.254 e. The zero-order valence-electron chi connectivity index (χ0n) is 14.0. The number of aromatic nitrogens is 1. The number of amides is 1. The molecule has 2 heterocycles. The number of hydrogen-bond donors (Lipinski definition) is 1. The molecule has 0 spiro atoms. The molecule has 1 amide bonds.